The van der Waals surface area contributed by atoms with Gasteiger partial charge in [0.15, 0.2) is 0 Å². The van der Waals surface area contributed by atoms with Gasteiger partial charge >= 0.3 is 0 Å². The summed E-state index contributed by atoms with van der Waals surface area (Å²) < 4.78 is 0. The van der Waals surface area contributed by atoms with Gasteiger partial charge in [0.05, 0.1) is 17.0 Å². The number of carbonyl (C=O) groups is 2. The van der Waals surface area contributed by atoms with Crippen LogP contribution < -0.4 is 10.6 Å². The van der Waals surface area contributed by atoms with Gasteiger partial charge < -0.3 is 15.5 Å². The highest BCUT2D eigenvalue weighted by molar-refractivity contribution is 5.95. The highest BCUT2D eigenvalue weighted by Crippen LogP contribution is 2.20. The maximum atomic E-state index is 12.7. The van der Waals surface area contributed by atoms with Crippen LogP contribution in [0.1, 0.15) is 41.4 Å². The molecule has 2 amide bonds. The summed E-state index contributed by atoms with van der Waals surface area (Å²) in [6.07, 6.45) is 2.13. The molecule has 1 saturated heterocycles. The van der Waals surface area contributed by atoms with Gasteiger partial charge in [-0.15, -0.1) is 0 Å². The van der Waals surface area contributed by atoms with Crippen LogP contribution in [0.5, 0.6) is 0 Å². The van der Waals surface area contributed by atoms with E-state index in [0.717, 1.165) is 48.4 Å². The van der Waals surface area contributed by atoms with E-state index in [4.69, 9.17) is 0 Å². The largest absolute Gasteiger partial charge is 0.352 e. The molecule has 1 aromatic heterocycles. The number of aryl methyl sites for hydroxylation is 1. The number of likely N-dealkylation sites (tertiary alicyclic amines) is 1. The highest BCUT2D eigenvalue weighted by atomic mass is 16.2. The molecular formula is C22H28N4O2. The van der Waals surface area contributed by atoms with E-state index >= 15 is 0 Å². The molecule has 0 aliphatic carbocycles. The summed E-state index contributed by atoms with van der Waals surface area (Å²) in [6.45, 7) is 5.87. The summed E-state index contributed by atoms with van der Waals surface area (Å²) in [6, 6.07) is 11.8. The topological polar surface area (TPSA) is 74.3 Å². The van der Waals surface area contributed by atoms with Crippen molar-refractivity contribution in [3.05, 3.63) is 53.2 Å². The molecule has 0 bridgehead atoms. The SMILES string of the molecule is CC(=O)NCc1ccc(-c2ccc(C(=O)N[C@H]3CCCN(C)C3)c(C)n2)cc1. The number of hydrogen-bond donors (Lipinski definition) is 2. The first-order chi connectivity index (χ1) is 13.4. The average Bonchev–Trinajstić information content (AvgIpc) is 2.66. The van der Waals surface area contributed by atoms with Crippen molar-refractivity contribution in [1.29, 1.82) is 0 Å². The smallest absolute Gasteiger partial charge is 0.253 e. The molecule has 1 atom stereocenters. The van der Waals surface area contributed by atoms with E-state index in [2.05, 4.69) is 27.6 Å². The van der Waals surface area contributed by atoms with E-state index in [9.17, 15) is 9.59 Å². The van der Waals surface area contributed by atoms with E-state index in [-0.39, 0.29) is 17.9 Å². The second kappa shape index (κ2) is 8.97. The summed E-state index contributed by atoms with van der Waals surface area (Å²) in [5.41, 5.74) is 4.19. The van der Waals surface area contributed by atoms with E-state index in [0.29, 0.717) is 12.1 Å². The number of rotatable bonds is 5. The number of piperidine rings is 1. The third-order valence-corrected chi connectivity index (χ3v) is 5.08. The van der Waals surface area contributed by atoms with Crippen molar-refractivity contribution in [3.63, 3.8) is 0 Å². The Morgan fingerprint density at radius 2 is 1.93 bits per heavy atom. The van der Waals surface area contributed by atoms with Crippen LogP contribution in [0.4, 0.5) is 0 Å². The maximum Gasteiger partial charge on any atom is 0.253 e. The number of aromatic nitrogens is 1. The molecule has 28 heavy (non-hydrogen) atoms. The molecule has 148 valence electrons. The molecule has 0 spiro atoms. The van der Waals surface area contributed by atoms with Crippen LogP contribution in [0.2, 0.25) is 0 Å². The van der Waals surface area contributed by atoms with Crippen molar-refractivity contribution >= 4 is 11.8 Å². The summed E-state index contributed by atoms with van der Waals surface area (Å²) >= 11 is 0. The van der Waals surface area contributed by atoms with Gasteiger partial charge in [0.25, 0.3) is 5.91 Å². The van der Waals surface area contributed by atoms with Crippen LogP contribution in [-0.4, -0.2) is 47.9 Å². The van der Waals surface area contributed by atoms with Gasteiger partial charge in [0.2, 0.25) is 5.91 Å². The zero-order valence-corrected chi connectivity index (χ0v) is 16.8. The minimum atomic E-state index is -0.0532. The van der Waals surface area contributed by atoms with Gasteiger partial charge in [-0.2, -0.15) is 0 Å². The molecule has 2 N–H and O–H groups in total. The second-order valence-corrected chi connectivity index (χ2v) is 7.51. The number of nitrogens with one attached hydrogen (secondary N) is 2. The standard InChI is InChI=1S/C22H28N4O2/c1-15-20(22(28)25-19-5-4-12-26(3)14-19)10-11-21(24-15)18-8-6-17(7-9-18)13-23-16(2)27/h6-11,19H,4-5,12-14H2,1-3H3,(H,23,27)(H,25,28)/t19-/m0/s1. The van der Waals surface area contributed by atoms with Crippen LogP contribution in [0, 0.1) is 6.92 Å². The third-order valence-electron chi connectivity index (χ3n) is 5.08. The van der Waals surface area contributed by atoms with Gasteiger partial charge in [-0.05, 0) is 51.1 Å². The van der Waals surface area contributed by atoms with Gasteiger partial charge in [-0.1, -0.05) is 24.3 Å². The maximum absolute atomic E-state index is 12.7. The van der Waals surface area contributed by atoms with Gasteiger partial charge in [0, 0.05) is 31.6 Å². The van der Waals surface area contributed by atoms with E-state index in [1.54, 1.807) is 0 Å². The molecule has 0 saturated carbocycles. The molecule has 1 fully saturated rings. The minimum Gasteiger partial charge on any atom is -0.352 e. The quantitative estimate of drug-likeness (QED) is 0.836. The van der Waals surface area contributed by atoms with Crippen molar-refractivity contribution in [2.75, 3.05) is 20.1 Å². The monoisotopic (exact) mass is 380 g/mol. The highest BCUT2D eigenvalue weighted by Gasteiger charge is 2.20. The summed E-state index contributed by atoms with van der Waals surface area (Å²) in [4.78, 5) is 30.6. The van der Waals surface area contributed by atoms with Crippen LogP contribution in [0.25, 0.3) is 11.3 Å². The zero-order chi connectivity index (χ0) is 20.1. The Hall–Kier alpha value is -2.73. The number of carbonyl (C=O) groups excluding carboxylic acids is 2. The summed E-state index contributed by atoms with van der Waals surface area (Å²) in [5, 5.41) is 5.93. The lowest BCUT2D eigenvalue weighted by atomic mass is 10.0. The van der Waals surface area contributed by atoms with Crippen LogP contribution in [0.3, 0.4) is 0 Å². The lowest BCUT2D eigenvalue weighted by molar-refractivity contribution is -0.119. The Balaban J connectivity index is 1.67. The normalized spacial score (nSPS) is 17.2. The number of amides is 2. The van der Waals surface area contributed by atoms with Crippen molar-refractivity contribution in [3.8, 4) is 11.3 Å². The van der Waals surface area contributed by atoms with E-state index in [1.165, 1.54) is 6.92 Å². The predicted octanol–water partition coefficient (Wildman–Crippen LogP) is 2.52. The molecule has 6 heteroatoms. The molecule has 6 nitrogen and oxygen atoms in total. The number of hydrogen-bond acceptors (Lipinski definition) is 4. The molecule has 2 heterocycles. The fourth-order valence-electron chi connectivity index (χ4n) is 3.53. The van der Waals surface area contributed by atoms with E-state index < -0.39 is 0 Å². The first kappa shape index (κ1) is 20.0. The van der Waals surface area contributed by atoms with Gasteiger partial charge in [-0.25, -0.2) is 0 Å². The molecule has 3 rings (SSSR count). The molecular weight excluding hydrogens is 352 g/mol. The number of nitrogens with zero attached hydrogens (tertiary/aromatic N) is 2. The zero-order valence-electron chi connectivity index (χ0n) is 16.8. The Bertz CT molecular complexity index is 848. The molecule has 1 aliphatic rings. The minimum absolute atomic E-state index is 0.0462. The molecule has 0 unspecified atom stereocenters. The Labute approximate surface area is 166 Å². The van der Waals surface area contributed by atoms with Crippen molar-refractivity contribution in [2.24, 2.45) is 0 Å². The first-order valence-corrected chi connectivity index (χ1v) is 9.73. The third kappa shape index (κ3) is 5.16. The number of likely N-dealkylation sites (N-methyl/N-ethyl adjacent to an activating group) is 1. The molecule has 1 aliphatic heterocycles. The predicted molar refractivity (Wildman–Crippen MR) is 110 cm³/mol. The number of benzene rings is 1. The average molecular weight is 380 g/mol. The molecule has 0 radical (unpaired) electrons. The van der Waals surface area contributed by atoms with Crippen molar-refractivity contribution in [2.45, 2.75) is 39.3 Å². The van der Waals surface area contributed by atoms with E-state index in [1.807, 2.05) is 43.3 Å². The molecule has 1 aromatic carbocycles. The first-order valence-electron chi connectivity index (χ1n) is 9.73. The van der Waals surface area contributed by atoms with Gasteiger partial charge in [0.1, 0.15) is 0 Å². The number of pyridine rings is 1. The Morgan fingerprint density at radius 1 is 1.18 bits per heavy atom. The summed E-state index contributed by atoms with van der Waals surface area (Å²) in [7, 11) is 2.08. The lowest BCUT2D eigenvalue weighted by Crippen LogP contribution is -2.46. The van der Waals surface area contributed by atoms with Crippen molar-refractivity contribution < 1.29 is 9.59 Å². The van der Waals surface area contributed by atoms with Gasteiger partial charge in [-0.3, -0.25) is 14.6 Å². The Kier molecular flexibility index (Phi) is 6.41. The lowest BCUT2D eigenvalue weighted by Gasteiger charge is -2.30. The van der Waals surface area contributed by atoms with Crippen LogP contribution in [0.15, 0.2) is 36.4 Å². The Morgan fingerprint density at radius 3 is 2.57 bits per heavy atom. The van der Waals surface area contributed by atoms with Crippen molar-refractivity contribution in [1.82, 2.24) is 20.5 Å². The second-order valence-electron chi connectivity index (χ2n) is 7.51. The van der Waals surface area contributed by atoms with Crippen LogP contribution in [-0.2, 0) is 11.3 Å². The fraction of sp³-hybridized carbons (Fsp3) is 0.409. The molecule has 2 aromatic rings. The fourth-order valence-corrected chi connectivity index (χ4v) is 3.53. The summed E-state index contributed by atoms with van der Waals surface area (Å²) in [5.74, 6) is -0.0994. The van der Waals surface area contributed by atoms with Crippen LogP contribution >= 0.6 is 0 Å².